The van der Waals surface area contributed by atoms with E-state index < -0.39 is 0 Å². The molecule has 0 radical (unpaired) electrons. The summed E-state index contributed by atoms with van der Waals surface area (Å²) in [6.45, 7) is 2.81. The summed E-state index contributed by atoms with van der Waals surface area (Å²) in [5.41, 5.74) is 1.83. The molecular formula is C14H18N4O. The number of para-hydroxylation sites is 2. The van der Waals surface area contributed by atoms with Gasteiger partial charge in [0, 0.05) is 19.6 Å². The third kappa shape index (κ3) is 2.39. The Balaban J connectivity index is 1.87. The average molecular weight is 258 g/mol. The number of piperazine rings is 1. The molecule has 1 N–H and O–H groups in total. The maximum atomic E-state index is 9.39. The highest BCUT2D eigenvalue weighted by atomic mass is 16.3. The predicted octanol–water partition coefficient (Wildman–Crippen LogP) is 0.742. The molecule has 19 heavy (non-hydrogen) atoms. The van der Waals surface area contributed by atoms with Crippen LogP contribution in [-0.2, 0) is 0 Å². The SMILES string of the molecule is CN1CCN(c2cnc3ccccc3n2)CC1CO. The molecule has 0 aliphatic carbocycles. The van der Waals surface area contributed by atoms with Gasteiger partial charge in [0.2, 0.25) is 0 Å². The quantitative estimate of drug-likeness (QED) is 0.861. The first-order chi connectivity index (χ1) is 9.28. The third-order valence-corrected chi connectivity index (χ3v) is 3.75. The van der Waals surface area contributed by atoms with Gasteiger partial charge in [-0.1, -0.05) is 12.1 Å². The number of nitrogens with zero attached hydrogens (tertiary/aromatic N) is 4. The van der Waals surface area contributed by atoms with Crippen LogP contribution in [0.3, 0.4) is 0 Å². The summed E-state index contributed by atoms with van der Waals surface area (Å²) in [6.07, 6.45) is 1.82. The van der Waals surface area contributed by atoms with Crippen molar-refractivity contribution < 1.29 is 5.11 Å². The van der Waals surface area contributed by atoms with Gasteiger partial charge in [0.25, 0.3) is 0 Å². The number of fused-ring (bicyclic) bond motifs is 1. The number of hydrogen-bond donors (Lipinski definition) is 1. The molecule has 0 amide bonds. The number of rotatable bonds is 2. The van der Waals surface area contributed by atoms with E-state index in [2.05, 4.69) is 19.8 Å². The maximum Gasteiger partial charge on any atom is 0.147 e. The maximum absolute atomic E-state index is 9.39. The first-order valence-electron chi connectivity index (χ1n) is 6.56. The van der Waals surface area contributed by atoms with E-state index >= 15 is 0 Å². The summed E-state index contributed by atoms with van der Waals surface area (Å²) >= 11 is 0. The fourth-order valence-electron chi connectivity index (χ4n) is 2.45. The van der Waals surface area contributed by atoms with Crippen LogP contribution >= 0.6 is 0 Å². The molecule has 100 valence electrons. The molecule has 5 nitrogen and oxygen atoms in total. The van der Waals surface area contributed by atoms with Crippen LogP contribution in [0.5, 0.6) is 0 Å². The lowest BCUT2D eigenvalue weighted by Gasteiger charge is -2.39. The number of aliphatic hydroxyl groups is 1. The van der Waals surface area contributed by atoms with Gasteiger partial charge >= 0.3 is 0 Å². The van der Waals surface area contributed by atoms with E-state index in [1.54, 1.807) is 0 Å². The summed E-state index contributed by atoms with van der Waals surface area (Å²) in [5.74, 6) is 0.894. The fourth-order valence-corrected chi connectivity index (χ4v) is 2.45. The van der Waals surface area contributed by atoms with Gasteiger partial charge < -0.3 is 10.0 Å². The Kier molecular flexibility index (Phi) is 3.31. The van der Waals surface area contributed by atoms with Crippen molar-refractivity contribution in [3.63, 3.8) is 0 Å². The summed E-state index contributed by atoms with van der Waals surface area (Å²) in [7, 11) is 2.05. The summed E-state index contributed by atoms with van der Waals surface area (Å²) in [4.78, 5) is 13.5. The van der Waals surface area contributed by atoms with Crippen LogP contribution in [-0.4, -0.2) is 59.3 Å². The van der Waals surface area contributed by atoms with Crippen LogP contribution in [0.25, 0.3) is 11.0 Å². The number of benzene rings is 1. The molecule has 1 unspecified atom stereocenters. The molecule has 1 saturated heterocycles. The molecule has 1 aromatic carbocycles. The molecule has 2 aromatic rings. The van der Waals surface area contributed by atoms with E-state index in [-0.39, 0.29) is 12.6 Å². The van der Waals surface area contributed by atoms with Gasteiger partial charge in [-0.2, -0.15) is 0 Å². The van der Waals surface area contributed by atoms with Crippen LogP contribution in [0.2, 0.25) is 0 Å². The molecule has 1 atom stereocenters. The molecule has 3 rings (SSSR count). The number of aliphatic hydroxyl groups excluding tert-OH is 1. The predicted molar refractivity (Wildman–Crippen MR) is 75.3 cm³/mol. The van der Waals surface area contributed by atoms with Crippen molar-refractivity contribution in [1.29, 1.82) is 0 Å². The number of anilines is 1. The zero-order valence-corrected chi connectivity index (χ0v) is 11.0. The lowest BCUT2D eigenvalue weighted by atomic mass is 10.2. The first-order valence-corrected chi connectivity index (χ1v) is 6.56. The minimum absolute atomic E-state index is 0.169. The smallest absolute Gasteiger partial charge is 0.147 e. The Morgan fingerprint density at radius 2 is 2.05 bits per heavy atom. The van der Waals surface area contributed by atoms with Gasteiger partial charge in [-0.25, -0.2) is 4.98 Å². The Morgan fingerprint density at radius 3 is 2.84 bits per heavy atom. The highest BCUT2D eigenvalue weighted by molar-refractivity contribution is 5.75. The van der Waals surface area contributed by atoms with Crippen LogP contribution in [0.15, 0.2) is 30.5 Å². The molecule has 1 fully saturated rings. The summed E-state index contributed by atoms with van der Waals surface area (Å²) in [5, 5.41) is 9.39. The van der Waals surface area contributed by atoms with Gasteiger partial charge in [-0.05, 0) is 19.2 Å². The van der Waals surface area contributed by atoms with Crippen molar-refractivity contribution in [2.24, 2.45) is 0 Å². The number of hydrogen-bond acceptors (Lipinski definition) is 5. The molecule has 1 aliphatic heterocycles. The largest absolute Gasteiger partial charge is 0.395 e. The fraction of sp³-hybridized carbons (Fsp3) is 0.429. The second-order valence-electron chi connectivity index (χ2n) is 4.98. The molecule has 1 aromatic heterocycles. The highest BCUT2D eigenvalue weighted by Gasteiger charge is 2.24. The van der Waals surface area contributed by atoms with Gasteiger partial charge in [0.15, 0.2) is 0 Å². The van der Waals surface area contributed by atoms with E-state index in [1.807, 2.05) is 37.5 Å². The van der Waals surface area contributed by atoms with Crippen molar-refractivity contribution >= 4 is 16.9 Å². The van der Waals surface area contributed by atoms with Crippen LogP contribution < -0.4 is 4.90 Å². The number of aromatic nitrogens is 2. The van der Waals surface area contributed by atoms with Crippen molar-refractivity contribution in [2.45, 2.75) is 6.04 Å². The Morgan fingerprint density at radius 1 is 1.26 bits per heavy atom. The lowest BCUT2D eigenvalue weighted by Crippen LogP contribution is -2.53. The topological polar surface area (TPSA) is 52.5 Å². The average Bonchev–Trinajstić information content (AvgIpc) is 2.47. The second kappa shape index (κ2) is 5.11. The molecule has 1 aliphatic rings. The van der Waals surface area contributed by atoms with Crippen molar-refractivity contribution in [1.82, 2.24) is 14.9 Å². The molecular weight excluding hydrogens is 240 g/mol. The standard InChI is InChI=1S/C14H18N4O/c1-17-6-7-18(9-11(17)10-19)14-8-15-12-4-2-3-5-13(12)16-14/h2-5,8,11,19H,6-7,9-10H2,1H3. The highest BCUT2D eigenvalue weighted by Crippen LogP contribution is 2.18. The molecule has 0 spiro atoms. The monoisotopic (exact) mass is 258 g/mol. The first kappa shape index (κ1) is 12.3. The minimum atomic E-state index is 0.169. The van der Waals surface area contributed by atoms with E-state index in [1.165, 1.54) is 0 Å². The zero-order chi connectivity index (χ0) is 13.2. The molecule has 0 saturated carbocycles. The van der Waals surface area contributed by atoms with Gasteiger partial charge in [-0.3, -0.25) is 9.88 Å². The molecule has 5 heteroatoms. The van der Waals surface area contributed by atoms with E-state index in [9.17, 15) is 5.11 Å². The zero-order valence-electron chi connectivity index (χ0n) is 11.0. The molecule has 0 bridgehead atoms. The Labute approximate surface area is 112 Å². The van der Waals surface area contributed by atoms with Gasteiger partial charge in [-0.15, -0.1) is 0 Å². The van der Waals surface area contributed by atoms with Crippen LogP contribution in [0.1, 0.15) is 0 Å². The Hall–Kier alpha value is -1.72. The normalized spacial score (nSPS) is 20.9. The van der Waals surface area contributed by atoms with Gasteiger partial charge in [0.1, 0.15) is 5.82 Å². The van der Waals surface area contributed by atoms with E-state index in [0.717, 1.165) is 36.5 Å². The van der Waals surface area contributed by atoms with Gasteiger partial charge in [0.05, 0.1) is 29.9 Å². The second-order valence-corrected chi connectivity index (χ2v) is 4.98. The third-order valence-electron chi connectivity index (χ3n) is 3.75. The van der Waals surface area contributed by atoms with Crippen molar-refractivity contribution in [3.05, 3.63) is 30.5 Å². The van der Waals surface area contributed by atoms with Crippen molar-refractivity contribution in [3.8, 4) is 0 Å². The Bertz CT molecular complexity index is 574. The van der Waals surface area contributed by atoms with E-state index in [0.29, 0.717) is 0 Å². The summed E-state index contributed by atoms with van der Waals surface area (Å²) < 4.78 is 0. The van der Waals surface area contributed by atoms with Crippen LogP contribution in [0.4, 0.5) is 5.82 Å². The van der Waals surface area contributed by atoms with Crippen molar-refractivity contribution in [2.75, 3.05) is 38.2 Å². The minimum Gasteiger partial charge on any atom is -0.395 e. The van der Waals surface area contributed by atoms with E-state index in [4.69, 9.17) is 0 Å². The van der Waals surface area contributed by atoms with Crippen LogP contribution in [0, 0.1) is 0 Å². The summed E-state index contributed by atoms with van der Waals surface area (Å²) in [6, 6.07) is 8.05. The molecule has 2 heterocycles. The lowest BCUT2D eigenvalue weighted by molar-refractivity contribution is 0.135. The number of likely N-dealkylation sites (N-methyl/N-ethyl adjacent to an activating group) is 1.